The zero-order chi connectivity index (χ0) is 16.8. The van der Waals surface area contributed by atoms with E-state index >= 15 is 0 Å². The Balaban J connectivity index is 1.67. The van der Waals surface area contributed by atoms with Crippen LogP contribution in [0.15, 0.2) is 48.3 Å². The van der Waals surface area contributed by atoms with Crippen molar-refractivity contribution in [1.29, 1.82) is 5.26 Å². The highest BCUT2D eigenvalue weighted by Gasteiger charge is 2.19. The topological polar surface area (TPSA) is 70.7 Å². The Kier molecular flexibility index (Phi) is 5.07. The van der Waals surface area contributed by atoms with E-state index in [0.717, 1.165) is 36.8 Å². The molecule has 122 valence electrons. The standard InChI is InChI=1S/C19H20N4O/c20-11-17(19(24)22-18-8-4-5-9-18)10-16-12-21-23(14-16)13-15-6-2-1-3-7-15/h1-3,6-7,10,12,14,18H,4-5,8-9,13H2,(H,22,24). The maximum atomic E-state index is 12.2. The van der Waals surface area contributed by atoms with E-state index < -0.39 is 0 Å². The van der Waals surface area contributed by atoms with Crippen LogP contribution in [0.1, 0.15) is 36.8 Å². The van der Waals surface area contributed by atoms with Crippen LogP contribution in [-0.4, -0.2) is 21.7 Å². The van der Waals surface area contributed by atoms with Crippen LogP contribution in [0.25, 0.3) is 6.08 Å². The van der Waals surface area contributed by atoms with Gasteiger partial charge in [0.15, 0.2) is 0 Å². The third-order valence-corrected chi connectivity index (χ3v) is 4.21. The zero-order valence-corrected chi connectivity index (χ0v) is 13.5. The van der Waals surface area contributed by atoms with Crippen molar-refractivity contribution in [2.75, 3.05) is 0 Å². The minimum atomic E-state index is -0.291. The van der Waals surface area contributed by atoms with Crippen molar-refractivity contribution in [1.82, 2.24) is 15.1 Å². The average Bonchev–Trinajstić information content (AvgIpc) is 3.25. The van der Waals surface area contributed by atoms with Gasteiger partial charge in [-0.3, -0.25) is 9.48 Å². The molecule has 0 atom stereocenters. The summed E-state index contributed by atoms with van der Waals surface area (Å²) in [5.41, 5.74) is 2.03. The summed E-state index contributed by atoms with van der Waals surface area (Å²) in [7, 11) is 0. The Morgan fingerprint density at radius 3 is 2.79 bits per heavy atom. The van der Waals surface area contributed by atoms with Crippen molar-refractivity contribution < 1.29 is 4.79 Å². The summed E-state index contributed by atoms with van der Waals surface area (Å²) in [4.78, 5) is 12.2. The third-order valence-electron chi connectivity index (χ3n) is 4.21. The Morgan fingerprint density at radius 2 is 2.08 bits per heavy atom. The molecule has 0 bridgehead atoms. The molecule has 3 rings (SSSR count). The molecule has 0 aliphatic heterocycles. The van der Waals surface area contributed by atoms with Crippen molar-refractivity contribution >= 4 is 12.0 Å². The van der Waals surface area contributed by atoms with Gasteiger partial charge in [-0.25, -0.2) is 0 Å². The maximum absolute atomic E-state index is 12.2. The number of nitrogens with zero attached hydrogens (tertiary/aromatic N) is 3. The molecule has 1 heterocycles. The molecule has 0 radical (unpaired) electrons. The first-order valence-electron chi connectivity index (χ1n) is 8.23. The first-order valence-corrected chi connectivity index (χ1v) is 8.23. The monoisotopic (exact) mass is 320 g/mol. The molecule has 1 aliphatic carbocycles. The predicted octanol–water partition coefficient (Wildman–Crippen LogP) is 2.90. The normalized spacial score (nSPS) is 15.2. The Hall–Kier alpha value is -2.87. The lowest BCUT2D eigenvalue weighted by atomic mass is 10.1. The lowest BCUT2D eigenvalue weighted by Gasteiger charge is -2.10. The molecular formula is C19H20N4O. The van der Waals surface area contributed by atoms with Crippen LogP contribution in [0.2, 0.25) is 0 Å². The highest BCUT2D eigenvalue weighted by molar-refractivity contribution is 6.01. The number of benzene rings is 1. The molecule has 1 aliphatic rings. The number of hydrogen-bond acceptors (Lipinski definition) is 3. The molecule has 0 spiro atoms. The highest BCUT2D eigenvalue weighted by atomic mass is 16.1. The summed E-state index contributed by atoms with van der Waals surface area (Å²) in [5.74, 6) is -0.291. The molecule has 1 saturated carbocycles. The molecule has 1 amide bonds. The second-order valence-electron chi connectivity index (χ2n) is 6.08. The largest absolute Gasteiger partial charge is 0.349 e. The van der Waals surface area contributed by atoms with Crippen molar-refractivity contribution in [2.24, 2.45) is 0 Å². The quantitative estimate of drug-likeness (QED) is 0.680. The number of carbonyl (C=O) groups is 1. The molecule has 1 fully saturated rings. The maximum Gasteiger partial charge on any atom is 0.262 e. The number of hydrogen-bond donors (Lipinski definition) is 1. The summed E-state index contributed by atoms with van der Waals surface area (Å²) in [6.45, 7) is 0.658. The number of nitriles is 1. The fourth-order valence-corrected chi connectivity index (χ4v) is 2.96. The van der Waals surface area contributed by atoms with Crippen molar-refractivity contribution in [3.63, 3.8) is 0 Å². The fourth-order valence-electron chi connectivity index (χ4n) is 2.96. The van der Waals surface area contributed by atoms with Crippen LogP contribution in [0.4, 0.5) is 0 Å². The van der Waals surface area contributed by atoms with Gasteiger partial charge in [-0.2, -0.15) is 10.4 Å². The number of amides is 1. The van der Waals surface area contributed by atoms with Gasteiger partial charge in [-0.05, 0) is 24.5 Å². The van der Waals surface area contributed by atoms with Crippen molar-refractivity contribution in [2.45, 2.75) is 38.3 Å². The van der Waals surface area contributed by atoms with E-state index in [4.69, 9.17) is 0 Å². The van der Waals surface area contributed by atoms with E-state index in [0.29, 0.717) is 6.54 Å². The number of nitrogens with one attached hydrogen (secondary N) is 1. The van der Waals surface area contributed by atoms with Crippen LogP contribution >= 0.6 is 0 Å². The van der Waals surface area contributed by atoms with Crippen molar-refractivity contribution in [3.8, 4) is 6.07 Å². The van der Waals surface area contributed by atoms with Gasteiger partial charge in [-0.15, -0.1) is 0 Å². The second kappa shape index (κ2) is 7.60. The molecular weight excluding hydrogens is 300 g/mol. The minimum absolute atomic E-state index is 0.126. The number of aromatic nitrogens is 2. The smallest absolute Gasteiger partial charge is 0.262 e. The lowest BCUT2D eigenvalue weighted by molar-refractivity contribution is -0.117. The van der Waals surface area contributed by atoms with E-state index in [9.17, 15) is 10.1 Å². The highest BCUT2D eigenvalue weighted by Crippen LogP contribution is 2.18. The zero-order valence-electron chi connectivity index (χ0n) is 13.5. The number of rotatable bonds is 5. The van der Waals surface area contributed by atoms with Crippen LogP contribution in [0, 0.1) is 11.3 Å². The minimum Gasteiger partial charge on any atom is -0.349 e. The van der Waals surface area contributed by atoms with Gasteiger partial charge in [0, 0.05) is 17.8 Å². The second-order valence-corrected chi connectivity index (χ2v) is 6.08. The van der Waals surface area contributed by atoms with Crippen LogP contribution in [0.3, 0.4) is 0 Å². The molecule has 24 heavy (non-hydrogen) atoms. The van der Waals surface area contributed by atoms with E-state index in [-0.39, 0.29) is 17.5 Å². The summed E-state index contributed by atoms with van der Waals surface area (Å²) in [6, 6.07) is 12.2. The van der Waals surface area contributed by atoms with Crippen LogP contribution < -0.4 is 5.32 Å². The fraction of sp³-hybridized carbons (Fsp3) is 0.316. The van der Waals surface area contributed by atoms with Gasteiger partial charge < -0.3 is 5.32 Å². The van der Waals surface area contributed by atoms with Gasteiger partial charge in [0.05, 0.1) is 12.7 Å². The Labute approximate surface area is 141 Å². The molecule has 1 aromatic carbocycles. The predicted molar refractivity (Wildman–Crippen MR) is 91.8 cm³/mol. The first-order chi connectivity index (χ1) is 11.7. The van der Waals surface area contributed by atoms with Crippen LogP contribution in [-0.2, 0) is 11.3 Å². The van der Waals surface area contributed by atoms with Gasteiger partial charge in [0.1, 0.15) is 11.6 Å². The SMILES string of the molecule is N#CC(=Cc1cnn(Cc2ccccc2)c1)C(=O)NC1CCCC1. The Morgan fingerprint density at radius 1 is 1.33 bits per heavy atom. The molecule has 5 heteroatoms. The van der Waals surface area contributed by atoms with Crippen molar-refractivity contribution in [3.05, 3.63) is 59.4 Å². The summed E-state index contributed by atoms with van der Waals surface area (Å²) >= 11 is 0. The molecule has 2 aromatic rings. The van der Waals surface area contributed by atoms with E-state index in [1.54, 1.807) is 17.0 Å². The molecule has 1 N–H and O–H groups in total. The Bertz CT molecular complexity index is 764. The van der Waals surface area contributed by atoms with Gasteiger partial charge in [0.25, 0.3) is 5.91 Å². The van der Waals surface area contributed by atoms with E-state index in [1.807, 2.05) is 42.6 Å². The summed E-state index contributed by atoms with van der Waals surface area (Å²) in [6.07, 6.45) is 9.39. The summed E-state index contributed by atoms with van der Waals surface area (Å²) in [5, 5.41) is 16.5. The molecule has 5 nitrogen and oxygen atoms in total. The third kappa shape index (κ3) is 4.11. The first kappa shape index (κ1) is 16.0. The lowest BCUT2D eigenvalue weighted by Crippen LogP contribution is -2.33. The van der Waals surface area contributed by atoms with E-state index in [1.165, 1.54) is 0 Å². The number of carbonyl (C=O) groups excluding carboxylic acids is 1. The van der Waals surface area contributed by atoms with Gasteiger partial charge in [-0.1, -0.05) is 43.2 Å². The molecule has 1 aromatic heterocycles. The summed E-state index contributed by atoms with van der Waals surface area (Å²) < 4.78 is 1.80. The van der Waals surface area contributed by atoms with Gasteiger partial charge >= 0.3 is 0 Å². The van der Waals surface area contributed by atoms with Gasteiger partial charge in [0.2, 0.25) is 0 Å². The molecule has 0 saturated heterocycles. The van der Waals surface area contributed by atoms with E-state index in [2.05, 4.69) is 10.4 Å². The van der Waals surface area contributed by atoms with Crippen LogP contribution in [0.5, 0.6) is 0 Å². The molecule has 0 unspecified atom stereocenters. The average molecular weight is 320 g/mol.